The zero-order chi connectivity index (χ0) is 24.5. The maximum atomic E-state index is 10.5. The fraction of sp³-hybridized carbons (Fsp3) is 0. The molecule has 0 aliphatic carbocycles. The molecule has 0 bridgehead atoms. The molecule has 0 amide bonds. The van der Waals surface area contributed by atoms with Crippen molar-refractivity contribution in [1.29, 1.82) is 0 Å². The summed E-state index contributed by atoms with van der Waals surface area (Å²) < 4.78 is 0. The molecule has 5 N–H and O–H groups in total. The third-order valence-electron chi connectivity index (χ3n) is 3.66. The van der Waals surface area contributed by atoms with Crippen LogP contribution in [0.25, 0.3) is 0 Å². The Labute approximate surface area is 191 Å². The number of aromatic carboxylic acids is 2. The number of rotatable bonds is 2. The van der Waals surface area contributed by atoms with Crippen LogP contribution >= 0.6 is 0 Å². The minimum atomic E-state index is -1.23. The predicted molar refractivity (Wildman–Crippen MR) is 125 cm³/mol. The van der Waals surface area contributed by atoms with Crippen LogP contribution in [0.15, 0.2) is 115 Å². The summed E-state index contributed by atoms with van der Waals surface area (Å²) in [5.41, 5.74) is -0.380. The molecular formula is C26H24O7. The molecule has 0 saturated heterocycles. The highest BCUT2D eigenvalue weighted by molar-refractivity contribution is 6.01. The van der Waals surface area contributed by atoms with Crippen molar-refractivity contribution in [2.45, 2.75) is 0 Å². The first kappa shape index (κ1) is 26.3. The lowest BCUT2D eigenvalue weighted by molar-refractivity contribution is 0.0651. The third-order valence-corrected chi connectivity index (χ3v) is 3.66. The topological polar surface area (TPSA) is 135 Å². The van der Waals surface area contributed by atoms with Crippen LogP contribution in [-0.2, 0) is 0 Å². The number of phenols is 3. The summed E-state index contributed by atoms with van der Waals surface area (Å²) in [6, 6.07) is 31.6. The quantitative estimate of drug-likeness (QED) is 0.282. The normalized spacial score (nSPS) is 8.85. The van der Waals surface area contributed by atoms with E-state index in [0.29, 0.717) is 17.2 Å². The van der Waals surface area contributed by atoms with E-state index in [1.54, 1.807) is 72.8 Å². The van der Waals surface area contributed by atoms with Crippen LogP contribution in [0.1, 0.15) is 20.7 Å². The summed E-state index contributed by atoms with van der Waals surface area (Å²) in [5, 5.41) is 43.0. The molecule has 4 aromatic carbocycles. The molecule has 0 aromatic heterocycles. The second kappa shape index (κ2) is 15.1. The summed E-state index contributed by atoms with van der Waals surface area (Å²) in [4.78, 5) is 20.9. The van der Waals surface area contributed by atoms with Gasteiger partial charge in [0.1, 0.15) is 17.2 Å². The highest BCUT2D eigenvalue weighted by atomic mass is 16.4. The Balaban J connectivity index is 0.000000228. The van der Waals surface area contributed by atoms with Crippen LogP contribution in [0.4, 0.5) is 0 Å². The number of carboxylic acids is 2. The van der Waals surface area contributed by atoms with E-state index in [0.717, 1.165) is 0 Å². The molecule has 33 heavy (non-hydrogen) atoms. The summed E-state index contributed by atoms with van der Waals surface area (Å²) in [7, 11) is 0. The molecule has 0 unspecified atom stereocenters. The number of hydrogen-bond donors (Lipinski definition) is 5. The van der Waals surface area contributed by atoms with Crippen molar-refractivity contribution in [2.24, 2.45) is 0 Å². The zero-order valence-corrected chi connectivity index (χ0v) is 17.5. The van der Waals surface area contributed by atoms with E-state index < -0.39 is 11.9 Å². The Morgan fingerprint density at radius 3 is 0.758 bits per heavy atom. The first-order valence-corrected chi connectivity index (χ1v) is 9.59. The van der Waals surface area contributed by atoms with Gasteiger partial charge in [0.25, 0.3) is 0 Å². The minimum absolute atomic E-state index is 0.190. The summed E-state index contributed by atoms with van der Waals surface area (Å²) >= 11 is 0. The smallest absolute Gasteiger partial charge is 0.336 e. The molecule has 4 aromatic rings. The molecule has 4 rings (SSSR count). The van der Waals surface area contributed by atoms with E-state index in [1.165, 1.54) is 24.3 Å². The Morgan fingerprint density at radius 2 is 0.606 bits per heavy atom. The fourth-order valence-electron chi connectivity index (χ4n) is 2.14. The Morgan fingerprint density at radius 1 is 0.394 bits per heavy atom. The second-order valence-electron chi connectivity index (χ2n) is 6.16. The van der Waals surface area contributed by atoms with E-state index in [-0.39, 0.29) is 11.1 Å². The second-order valence-corrected chi connectivity index (χ2v) is 6.16. The van der Waals surface area contributed by atoms with Gasteiger partial charge in [-0.3, -0.25) is 0 Å². The standard InChI is InChI=1S/C8H6O4.3C6H6O/c9-7(10)5-3-1-2-4-6(5)8(11)12;3*7-6-4-2-1-3-5-6/h1-4H,(H,9,10)(H,11,12);3*1-5,7H. The van der Waals surface area contributed by atoms with Gasteiger partial charge in [-0.05, 0) is 48.5 Å². The SMILES string of the molecule is O=C(O)c1ccccc1C(=O)O.Oc1ccccc1.Oc1ccccc1.Oc1ccccc1. The van der Waals surface area contributed by atoms with Gasteiger partial charge in [0.2, 0.25) is 0 Å². The van der Waals surface area contributed by atoms with E-state index >= 15 is 0 Å². The van der Waals surface area contributed by atoms with Gasteiger partial charge in [-0.2, -0.15) is 0 Å². The van der Waals surface area contributed by atoms with Gasteiger partial charge in [0, 0.05) is 0 Å². The van der Waals surface area contributed by atoms with E-state index in [1.807, 2.05) is 18.2 Å². The molecule has 170 valence electrons. The predicted octanol–water partition coefficient (Wildman–Crippen LogP) is 5.26. The number of aromatic hydroxyl groups is 3. The molecule has 0 heterocycles. The maximum absolute atomic E-state index is 10.5. The lowest BCUT2D eigenvalue weighted by atomic mass is 10.1. The lowest BCUT2D eigenvalue weighted by Gasteiger charge is -1.98. The van der Waals surface area contributed by atoms with Crippen molar-refractivity contribution in [3.8, 4) is 17.2 Å². The molecular weight excluding hydrogens is 424 g/mol. The van der Waals surface area contributed by atoms with Crippen LogP contribution in [0, 0.1) is 0 Å². The number of carboxylic acid groups (broad SMARTS) is 2. The number of carbonyl (C=O) groups is 2. The molecule has 0 atom stereocenters. The van der Waals surface area contributed by atoms with E-state index in [2.05, 4.69) is 0 Å². The number of phenolic OH excluding ortho intramolecular Hbond substituents is 3. The van der Waals surface area contributed by atoms with E-state index in [9.17, 15) is 9.59 Å². The van der Waals surface area contributed by atoms with Crippen molar-refractivity contribution in [2.75, 3.05) is 0 Å². The molecule has 0 saturated carbocycles. The van der Waals surface area contributed by atoms with E-state index in [4.69, 9.17) is 25.5 Å². The summed E-state index contributed by atoms with van der Waals surface area (Å²) in [6.07, 6.45) is 0. The fourth-order valence-corrected chi connectivity index (χ4v) is 2.14. The summed E-state index contributed by atoms with van der Waals surface area (Å²) in [6.45, 7) is 0. The number of para-hydroxylation sites is 3. The average molecular weight is 448 g/mol. The minimum Gasteiger partial charge on any atom is -0.508 e. The van der Waals surface area contributed by atoms with Crippen LogP contribution in [0.2, 0.25) is 0 Å². The molecule has 0 aliphatic rings. The van der Waals surface area contributed by atoms with Gasteiger partial charge in [-0.25, -0.2) is 9.59 Å². The van der Waals surface area contributed by atoms with Gasteiger partial charge >= 0.3 is 11.9 Å². The van der Waals surface area contributed by atoms with Crippen molar-refractivity contribution >= 4 is 11.9 Å². The highest BCUT2D eigenvalue weighted by Gasteiger charge is 2.13. The van der Waals surface area contributed by atoms with Crippen molar-refractivity contribution in [1.82, 2.24) is 0 Å². The Kier molecular flexibility index (Phi) is 12.0. The molecule has 0 fully saturated rings. The van der Waals surface area contributed by atoms with Gasteiger partial charge in [-0.15, -0.1) is 0 Å². The monoisotopic (exact) mass is 448 g/mol. The Hall–Kier alpha value is -4.78. The molecule has 0 radical (unpaired) electrons. The van der Waals surface area contributed by atoms with Crippen LogP contribution in [0.5, 0.6) is 17.2 Å². The largest absolute Gasteiger partial charge is 0.508 e. The van der Waals surface area contributed by atoms with Gasteiger partial charge in [-0.1, -0.05) is 66.7 Å². The van der Waals surface area contributed by atoms with Crippen LogP contribution < -0.4 is 0 Å². The summed E-state index contributed by atoms with van der Waals surface area (Å²) in [5.74, 6) is -1.49. The van der Waals surface area contributed by atoms with Crippen molar-refractivity contribution in [3.05, 3.63) is 126 Å². The lowest BCUT2D eigenvalue weighted by Crippen LogP contribution is -2.06. The number of benzene rings is 4. The van der Waals surface area contributed by atoms with Gasteiger partial charge < -0.3 is 25.5 Å². The van der Waals surface area contributed by atoms with Crippen LogP contribution in [-0.4, -0.2) is 37.5 Å². The molecule has 7 heteroatoms. The molecule has 7 nitrogen and oxygen atoms in total. The number of hydrogen-bond acceptors (Lipinski definition) is 5. The first-order valence-electron chi connectivity index (χ1n) is 9.59. The molecule has 0 aliphatic heterocycles. The molecule has 0 spiro atoms. The average Bonchev–Trinajstić information content (AvgIpc) is 2.82. The van der Waals surface area contributed by atoms with Crippen molar-refractivity contribution in [3.63, 3.8) is 0 Å². The van der Waals surface area contributed by atoms with Gasteiger partial charge in [0.15, 0.2) is 0 Å². The zero-order valence-electron chi connectivity index (χ0n) is 17.5. The van der Waals surface area contributed by atoms with Crippen molar-refractivity contribution < 1.29 is 35.1 Å². The Bertz CT molecular complexity index is 961. The van der Waals surface area contributed by atoms with Crippen LogP contribution in [0.3, 0.4) is 0 Å². The highest BCUT2D eigenvalue weighted by Crippen LogP contribution is 2.08. The van der Waals surface area contributed by atoms with Gasteiger partial charge in [0.05, 0.1) is 11.1 Å². The first-order chi connectivity index (χ1) is 15.8. The third kappa shape index (κ3) is 11.9. The maximum Gasteiger partial charge on any atom is 0.336 e.